The highest BCUT2D eigenvalue weighted by Gasteiger charge is 2.43. The van der Waals surface area contributed by atoms with Crippen LogP contribution >= 0.6 is 0 Å². The number of hydrogen-bond acceptors (Lipinski definition) is 3. The minimum Gasteiger partial charge on any atom is -0.376 e. The van der Waals surface area contributed by atoms with E-state index in [9.17, 15) is 13.2 Å². The molecule has 5 nitrogen and oxygen atoms in total. The van der Waals surface area contributed by atoms with Crippen LogP contribution in [0.4, 0.5) is 13.2 Å². The van der Waals surface area contributed by atoms with Gasteiger partial charge in [-0.1, -0.05) is 0 Å². The van der Waals surface area contributed by atoms with Crippen molar-refractivity contribution in [2.45, 2.75) is 62.9 Å². The van der Waals surface area contributed by atoms with Crippen molar-refractivity contribution in [3.05, 3.63) is 0 Å². The molecule has 0 bridgehead atoms. The number of likely N-dealkylation sites (tertiary alicyclic amines) is 1. The van der Waals surface area contributed by atoms with Gasteiger partial charge in [-0.2, -0.15) is 13.2 Å². The number of hydrogen-bond donors (Lipinski definition) is 2. The lowest BCUT2D eigenvalue weighted by Gasteiger charge is -2.46. The van der Waals surface area contributed by atoms with E-state index in [0.29, 0.717) is 31.6 Å². The monoisotopic (exact) mass is 348 g/mol. The van der Waals surface area contributed by atoms with Crippen molar-refractivity contribution < 1.29 is 17.9 Å². The highest BCUT2D eigenvalue weighted by molar-refractivity contribution is 5.78. The van der Waals surface area contributed by atoms with Gasteiger partial charge in [-0.25, -0.2) is 0 Å². The minimum atomic E-state index is -4.04. The first-order chi connectivity index (χ1) is 11.4. The average molecular weight is 348 g/mol. The van der Waals surface area contributed by atoms with E-state index in [1.165, 1.54) is 0 Å². The van der Waals surface area contributed by atoms with Gasteiger partial charge in [0.2, 0.25) is 0 Å². The number of nitrogens with one attached hydrogen (secondary N) is 1. The maximum absolute atomic E-state index is 12.7. The molecule has 138 valence electrons. The van der Waals surface area contributed by atoms with Crippen LogP contribution in [0, 0.1) is 5.92 Å². The van der Waals surface area contributed by atoms with Gasteiger partial charge in [0.05, 0.1) is 18.6 Å². The summed E-state index contributed by atoms with van der Waals surface area (Å²) in [6, 6.07) is 0.659. The lowest BCUT2D eigenvalue weighted by Crippen LogP contribution is -2.57. The van der Waals surface area contributed by atoms with Crippen molar-refractivity contribution in [1.29, 1.82) is 0 Å². The Morgan fingerprint density at radius 2 is 1.92 bits per heavy atom. The predicted octanol–water partition coefficient (Wildman–Crippen LogP) is 1.87. The van der Waals surface area contributed by atoms with Crippen LogP contribution in [0.15, 0.2) is 4.99 Å². The Kier molecular flexibility index (Phi) is 5.54. The second-order valence-corrected chi connectivity index (χ2v) is 7.18. The van der Waals surface area contributed by atoms with Gasteiger partial charge in [-0.15, -0.1) is 0 Å². The zero-order valence-corrected chi connectivity index (χ0v) is 13.9. The first-order valence-corrected chi connectivity index (χ1v) is 8.90. The van der Waals surface area contributed by atoms with E-state index in [1.807, 2.05) is 0 Å². The molecule has 2 heterocycles. The number of rotatable bonds is 4. The fourth-order valence-corrected chi connectivity index (χ4v) is 3.84. The molecule has 1 atom stereocenters. The molecule has 3 aliphatic rings. The van der Waals surface area contributed by atoms with E-state index < -0.39 is 12.1 Å². The molecule has 24 heavy (non-hydrogen) atoms. The third kappa shape index (κ3) is 4.53. The standard InChI is InChI=1S/C16H27F3N4O/c17-16(18,19)11-3-5-23(6-4-11)13-8-12(9-13)22-15(20)21-10-14-2-1-7-24-14/h11-14H,1-10H2,(H3,20,21,22). The van der Waals surface area contributed by atoms with Crippen LogP contribution in [-0.4, -0.2) is 61.5 Å². The van der Waals surface area contributed by atoms with Gasteiger partial charge in [0, 0.05) is 18.7 Å². The maximum atomic E-state index is 12.7. The molecule has 0 aromatic rings. The molecule has 1 unspecified atom stereocenters. The molecule has 8 heteroatoms. The summed E-state index contributed by atoms with van der Waals surface area (Å²) in [4.78, 5) is 6.52. The Morgan fingerprint density at radius 3 is 2.50 bits per heavy atom. The molecular weight excluding hydrogens is 321 g/mol. The van der Waals surface area contributed by atoms with E-state index in [1.54, 1.807) is 0 Å². The largest absolute Gasteiger partial charge is 0.391 e. The highest BCUT2D eigenvalue weighted by atomic mass is 19.4. The number of guanidine groups is 1. The molecule has 2 saturated heterocycles. The van der Waals surface area contributed by atoms with E-state index in [0.717, 1.165) is 32.3 Å². The molecule has 3 rings (SSSR count). The van der Waals surface area contributed by atoms with E-state index in [2.05, 4.69) is 15.2 Å². The summed E-state index contributed by atoms with van der Waals surface area (Å²) in [6.45, 7) is 2.50. The third-order valence-electron chi connectivity index (χ3n) is 5.46. The van der Waals surface area contributed by atoms with E-state index in [4.69, 9.17) is 10.5 Å². The normalized spacial score (nSPS) is 33.5. The zero-order chi connectivity index (χ0) is 17.2. The van der Waals surface area contributed by atoms with Crippen LogP contribution in [0.3, 0.4) is 0 Å². The summed E-state index contributed by atoms with van der Waals surface area (Å²) < 4.78 is 43.6. The molecule has 0 amide bonds. The van der Waals surface area contributed by atoms with Crippen molar-refractivity contribution in [3.8, 4) is 0 Å². The Labute approximate surface area is 140 Å². The van der Waals surface area contributed by atoms with Crippen molar-refractivity contribution in [1.82, 2.24) is 10.2 Å². The molecule has 0 aromatic heterocycles. The van der Waals surface area contributed by atoms with Crippen molar-refractivity contribution in [2.75, 3.05) is 26.2 Å². The Balaban J connectivity index is 1.33. The molecule has 0 radical (unpaired) electrons. The second kappa shape index (κ2) is 7.47. The van der Waals surface area contributed by atoms with Gasteiger partial charge in [-0.05, 0) is 51.6 Å². The molecule has 2 aliphatic heterocycles. The molecule has 0 aromatic carbocycles. The summed E-state index contributed by atoms with van der Waals surface area (Å²) in [5.74, 6) is -0.673. The topological polar surface area (TPSA) is 62.9 Å². The first kappa shape index (κ1) is 17.8. The van der Waals surface area contributed by atoms with Gasteiger partial charge in [0.25, 0.3) is 0 Å². The van der Waals surface area contributed by atoms with Gasteiger partial charge in [0.15, 0.2) is 5.96 Å². The van der Waals surface area contributed by atoms with Crippen LogP contribution in [0.25, 0.3) is 0 Å². The SMILES string of the molecule is NC(=NCC1CCCO1)NC1CC(N2CCC(C(F)(F)F)CC2)C1. The molecule has 1 saturated carbocycles. The lowest BCUT2D eigenvalue weighted by atomic mass is 9.83. The summed E-state index contributed by atoms with van der Waals surface area (Å²) in [6.07, 6.45) is 0.573. The molecule has 3 fully saturated rings. The molecule has 3 N–H and O–H groups in total. The quantitative estimate of drug-likeness (QED) is 0.601. The fraction of sp³-hybridized carbons (Fsp3) is 0.938. The number of aliphatic imine (C=N–C) groups is 1. The van der Waals surface area contributed by atoms with Gasteiger partial charge >= 0.3 is 6.18 Å². The van der Waals surface area contributed by atoms with Crippen LogP contribution in [-0.2, 0) is 4.74 Å². The van der Waals surface area contributed by atoms with Gasteiger partial charge < -0.3 is 20.7 Å². The third-order valence-corrected chi connectivity index (χ3v) is 5.46. The summed E-state index contributed by atoms with van der Waals surface area (Å²) in [5.41, 5.74) is 5.90. The minimum absolute atomic E-state index is 0.189. The number of ether oxygens (including phenoxy) is 1. The van der Waals surface area contributed by atoms with Crippen molar-refractivity contribution in [2.24, 2.45) is 16.6 Å². The van der Waals surface area contributed by atoms with Crippen LogP contribution < -0.4 is 11.1 Å². The molecular formula is C16H27F3N4O. The second-order valence-electron chi connectivity index (χ2n) is 7.18. The number of nitrogens with zero attached hydrogens (tertiary/aromatic N) is 2. The van der Waals surface area contributed by atoms with Crippen LogP contribution in [0.1, 0.15) is 38.5 Å². The summed E-state index contributed by atoms with van der Waals surface area (Å²) in [5, 5.41) is 3.21. The Hall–Kier alpha value is -1.02. The average Bonchev–Trinajstić information content (AvgIpc) is 3.01. The highest BCUT2D eigenvalue weighted by Crippen LogP contribution is 2.36. The molecule has 0 spiro atoms. The van der Waals surface area contributed by atoms with Crippen LogP contribution in [0.5, 0.6) is 0 Å². The zero-order valence-electron chi connectivity index (χ0n) is 13.9. The predicted molar refractivity (Wildman–Crippen MR) is 85.8 cm³/mol. The maximum Gasteiger partial charge on any atom is 0.391 e. The number of halogens is 3. The Morgan fingerprint density at radius 1 is 1.21 bits per heavy atom. The number of nitrogens with two attached hydrogens (primary N) is 1. The lowest BCUT2D eigenvalue weighted by molar-refractivity contribution is -0.187. The fourth-order valence-electron chi connectivity index (χ4n) is 3.84. The van der Waals surface area contributed by atoms with Crippen LogP contribution in [0.2, 0.25) is 0 Å². The number of piperidine rings is 1. The number of alkyl halides is 3. The van der Waals surface area contributed by atoms with Gasteiger partial charge in [-0.3, -0.25) is 4.99 Å². The van der Waals surface area contributed by atoms with E-state index >= 15 is 0 Å². The Bertz CT molecular complexity index is 437. The van der Waals surface area contributed by atoms with E-state index in [-0.39, 0.29) is 25.0 Å². The van der Waals surface area contributed by atoms with Crippen molar-refractivity contribution >= 4 is 5.96 Å². The smallest absolute Gasteiger partial charge is 0.376 e. The molecule has 1 aliphatic carbocycles. The summed E-state index contributed by atoms with van der Waals surface area (Å²) in [7, 11) is 0. The summed E-state index contributed by atoms with van der Waals surface area (Å²) >= 11 is 0. The van der Waals surface area contributed by atoms with Crippen molar-refractivity contribution in [3.63, 3.8) is 0 Å². The first-order valence-electron chi connectivity index (χ1n) is 8.90. The van der Waals surface area contributed by atoms with Gasteiger partial charge in [0.1, 0.15) is 0 Å².